The van der Waals surface area contributed by atoms with E-state index < -0.39 is 0 Å². The van der Waals surface area contributed by atoms with Crippen molar-refractivity contribution in [1.29, 1.82) is 5.41 Å². The van der Waals surface area contributed by atoms with E-state index in [9.17, 15) is 0 Å². The van der Waals surface area contributed by atoms with Gasteiger partial charge in [0.2, 0.25) is 0 Å². The van der Waals surface area contributed by atoms with Gasteiger partial charge in [-0.25, -0.2) is 0 Å². The van der Waals surface area contributed by atoms with Crippen LogP contribution in [-0.2, 0) is 7.05 Å². The molecule has 0 amide bonds. The number of nitrogens with two attached hydrogens (primary N) is 1. The van der Waals surface area contributed by atoms with Crippen LogP contribution in [0.5, 0.6) is 11.8 Å². The van der Waals surface area contributed by atoms with Crippen molar-refractivity contribution in [2.24, 2.45) is 12.8 Å². The average molecular weight is 277 g/mol. The molecule has 0 aliphatic heterocycles. The Bertz CT molecular complexity index is 596. The number of rotatable bonds is 5. The van der Waals surface area contributed by atoms with Gasteiger partial charge < -0.3 is 10.5 Å². The average Bonchev–Trinajstić information content (AvgIpc) is 2.75. The zero-order chi connectivity index (χ0) is 13.8. The molecule has 100 valence electrons. The van der Waals surface area contributed by atoms with Crippen LogP contribution in [0, 0.1) is 5.41 Å². The topological polar surface area (TPSA) is 89.8 Å². The van der Waals surface area contributed by atoms with Crippen LogP contribution in [0.25, 0.3) is 0 Å². The smallest absolute Gasteiger partial charge is 0.341 e. The van der Waals surface area contributed by atoms with E-state index in [4.69, 9.17) is 15.9 Å². The molecule has 0 fully saturated rings. The second kappa shape index (κ2) is 5.75. The Kier molecular flexibility index (Phi) is 4.06. The summed E-state index contributed by atoms with van der Waals surface area (Å²) in [6, 6.07) is 5.78. The third-order valence-electron chi connectivity index (χ3n) is 2.34. The van der Waals surface area contributed by atoms with E-state index in [2.05, 4.69) is 10.1 Å². The number of benzene rings is 1. The molecule has 1 aromatic heterocycles. The summed E-state index contributed by atoms with van der Waals surface area (Å²) in [4.78, 5) is 4.92. The van der Waals surface area contributed by atoms with Crippen molar-refractivity contribution in [2.75, 3.05) is 5.75 Å². The third-order valence-corrected chi connectivity index (χ3v) is 3.28. The Balaban J connectivity index is 2.38. The van der Waals surface area contributed by atoms with Crippen LogP contribution in [0.15, 0.2) is 29.4 Å². The van der Waals surface area contributed by atoms with Crippen LogP contribution in [-0.4, -0.2) is 26.4 Å². The minimum atomic E-state index is -0.0255. The Hall–Kier alpha value is -2.02. The Morgan fingerprint density at radius 1 is 1.53 bits per heavy atom. The van der Waals surface area contributed by atoms with E-state index in [-0.39, 0.29) is 11.8 Å². The Morgan fingerprint density at radius 2 is 2.32 bits per heavy atom. The van der Waals surface area contributed by atoms with Crippen LogP contribution < -0.4 is 10.5 Å². The molecule has 0 saturated carbocycles. The lowest BCUT2D eigenvalue weighted by molar-refractivity contribution is 0.437. The number of nitrogens with zero attached hydrogens (tertiary/aromatic N) is 3. The SMILES string of the molecule is CCSc1cccc(Oc2ncn(C)n2)c1C(=N)N. The highest BCUT2D eigenvalue weighted by molar-refractivity contribution is 7.99. The van der Waals surface area contributed by atoms with Crippen molar-refractivity contribution >= 4 is 17.6 Å². The number of aryl methyl sites for hydroxylation is 1. The van der Waals surface area contributed by atoms with E-state index in [1.807, 2.05) is 19.1 Å². The summed E-state index contributed by atoms with van der Waals surface area (Å²) in [5, 5.41) is 11.8. The fraction of sp³-hybridized carbons (Fsp3) is 0.250. The highest BCUT2D eigenvalue weighted by atomic mass is 32.2. The molecule has 0 aliphatic rings. The Morgan fingerprint density at radius 3 is 2.89 bits per heavy atom. The van der Waals surface area contributed by atoms with Gasteiger partial charge in [0.25, 0.3) is 0 Å². The maximum absolute atomic E-state index is 7.70. The molecular formula is C12H15N5OS. The summed E-state index contributed by atoms with van der Waals surface area (Å²) in [7, 11) is 1.76. The predicted molar refractivity (Wildman–Crippen MR) is 74.9 cm³/mol. The number of nitrogens with one attached hydrogen (secondary N) is 1. The van der Waals surface area contributed by atoms with Gasteiger partial charge in [0.1, 0.15) is 17.9 Å². The zero-order valence-electron chi connectivity index (χ0n) is 10.8. The highest BCUT2D eigenvalue weighted by Crippen LogP contribution is 2.31. The van der Waals surface area contributed by atoms with Crippen LogP contribution in [0.2, 0.25) is 0 Å². The molecule has 0 bridgehead atoms. The molecule has 7 heteroatoms. The first-order valence-corrected chi connectivity index (χ1v) is 6.74. The van der Waals surface area contributed by atoms with E-state index >= 15 is 0 Å². The number of hydrogen-bond donors (Lipinski definition) is 2. The van der Waals surface area contributed by atoms with Crippen molar-refractivity contribution < 1.29 is 4.74 Å². The van der Waals surface area contributed by atoms with Crippen molar-refractivity contribution in [3.8, 4) is 11.8 Å². The largest absolute Gasteiger partial charge is 0.422 e. The maximum Gasteiger partial charge on any atom is 0.341 e. The number of nitrogen functional groups attached to an aromatic ring is 1. The molecule has 2 aromatic rings. The summed E-state index contributed by atoms with van der Waals surface area (Å²) in [6.45, 7) is 2.04. The third kappa shape index (κ3) is 3.05. The van der Waals surface area contributed by atoms with Gasteiger partial charge in [-0.05, 0) is 17.9 Å². The van der Waals surface area contributed by atoms with E-state index in [0.29, 0.717) is 11.3 Å². The summed E-state index contributed by atoms with van der Waals surface area (Å²) in [6.07, 6.45) is 1.55. The first-order chi connectivity index (χ1) is 9.11. The lowest BCUT2D eigenvalue weighted by Gasteiger charge is -2.11. The van der Waals surface area contributed by atoms with Crippen LogP contribution in [0.3, 0.4) is 0 Å². The molecule has 1 heterocycles. The molecule has 0 unspecified atom stereocenters. The molecule has 6 nitrogen and oxygen atoms in total. The summed E-state index contributed by atoms with van der Waals surface area (Å²) in [5.41, 5.74) is 6.23. The van der Waals surface area contributed by atoms with E-state index in [1.165, 1.54) is 0 Å². The van der Waals surface area contributed by atoms with Crippen LogP contribution >= 0.6 is 11.8 Å². The molecule has 2 rings (SSSR count). The molecule has 0 atom stereocenters. The Labute approximate surface area is 115 Å². The molecular weight excluding hydrogens is 262 g/mol. The fourth-order valence-electron chi connectivity index (χ4n) is 1.60. The van der Waals surface area contributed by atoms with Gasteiger partial charge >= 0.3 is 6.01 Å². The van der Waals surface area contributed by atoms with E-state index in [1.54, 1.807) is 35.9 Å². The summed E-state index contributed by atoms with van der Waals surface area (Å²) in [5.74, 6) is 1.37. The summed E-state index contributed by atoms with van der Waals surface area (Å²) < 4.78 is 7.15. The highest BCUT2D eigenvalue weighted by Gasteiger charge is 2.14. The number of amidine groups is 1. The first-order valence-electron chi connectivity index (χ1n) is 5.75. The lowest BCUT2D eigenvalue weighted by Crippen LogP contribution is -2.14. The minimum Gasteiger partial charge on any atom is -0.422 e. The second-order valence-electron chi connectivity index (χ2n) is 3.78. The van der Waals surface area contributed by atoms with Gasteiger partial charge in [0, 0.05) is 11.9 Å². The van der Waals surface area contributed by atoms with Gasteiger partial charge in [-0.15, -0.1) is 16.9 Å². The molecule has 1 aromatic carbocycles. The minimum absolute atomic E-state index is 0.0255. The van der Waals surface area contributed by atoms with Crippen molar-refractivity contribution in [3.05, 3.63) is 30.1 Å². The quantitative estimate of drug-likeness (QED) is 0.495. The molecule has 3 N–H and O–H groups in total. The standard InChI is InChI=1S/C12H15N5OS/c1-3-19-9-6-4-5-8(10(9)11(13)14)18-12-15-7-17(2)16-12/h4-7H,3H2,1-2H3,(H3,13,14). The molecule has 19 heavy (non-hydrogen) atoms. The van der Waals surface area contributed by atoms with E-state index in [0.717, 1.165) is 10.6 Å². The number of thioether (sulfide) groups is 1. The van der Waals surface area contributed by atoms with Crippen molar-refractivity contribution in [3.63, 3.8) is 0 Å². The van der Waals surface area contributed by atoms with Gasteiger partial charge in [0.15, 0.2) is 0 Å². The number of ether oxygens (including phenoxy) is 1. The first kappa shape index (κ1) is 13.4. The van der Waals surface area contributed by atoms with Crippen LogP contribution in [0.1, 0.15) is 12.5 Å². The second-order valence-corrected chi connectivity index (χ2v) is 5.08. The summed E-state index contributed by atoms with van der Waals surface area (Å²) >= 11 is 1.61. The monoisotopic (exact) mass is 277 g/mol. The molecule has 0 spiro atoms. The number of hydrogen-bond acceptors (Lipinski definition) is 5. The lowest BCUT2D eigenvalue weighted by atomic mass is 10.2. The van der Waals surface area contributed by atoms with Gasteiger partial charge in [-0.1, -0.05) is 13.0 Å². The van der Waals surface area contributed by atoms with Crippen LogP contribution in [0.4, 0.5) is 0 Å². The molecule has 0 saturated heterocycles. The van der Waals surface area contributed by atoms with Crippen molar-refractivity contribution in [1.82, 2.24) is 14.8 Å². The normalized spacial score (nSPS) is 10.4. The molecule has 0 aliphatic carbocycles. The fourth-order valence-corrected chi connectivity index (χ4v) is 2.44. The number of aromatic nitrogens is 3. The van der Waals surface area contributed by atoms with Crippen molar-refractivity contribution in [2.45, 2.75) is 11.8 Å². The van der Waals surface area contributed by atoms with Gasteiger partial charge in [-0.3, -0.25) is 10.1 Å². The molecule has 0 radical (unpaired) electrons. The zero-order valence-corrected chi connectivity index (χ0v) is 11.6. The maximum atomic E-state index is 7.70. The predicted octanol–water partition coefficient (Wildman–Crippen LogP) is 2.00. The van der Waals surface area contributed by atoms with Gasteiger partial charge in [0.05, 0.1) is 5.56 Å². The van der Waals surface area contributed by atoms with Gasteiger partial charge in [-0.2, -0.15) is 4.98 Å².